The maximum absolute atomic E-state index is 11.0. The molecule has 0 heterocycles. The van der Waals surface area contributed by atoms with E-state index in [1.54, 1.807) is 19.1 Å². The molecule has 0 bridgehead atoms. The van der Waals surface area contributed by atoms with Crippen molar-refractivity contribution in [3.8, 4) is 5.75 Å². The molecule has 2 unspecified atom stereocenters. The minimum atomic E-state index is -0.375. The summed E-state index contributed by atoms with van der Waals surface area (Å²) in [5, 5.41) is 11.1. The maximum atomic E-state index is 11.0. The lowest BCUT2D eigenvalue weighted by Gasteiger charge is -2.52. The molecule has 1 fully saturated rings. The summed E-state index contributed by atoms with van der Waals surface area (Å²) in [6.45, 7) is 5.97. The quantitative estimate of drug-likeness (QED) is 0.458. The van der Waals surface area contributed by atoms with Gasteiger partial charge in [0.25, 0.3) is 5.69 Å². The van der Waals surface area contributed by atoms with Gasteiger partial charge in [0, 0.05) is 23.3 Å². The third kappa shape index (κ3) is 2.26. The van der Waals surface area contributed by atoms with Gasteiger partial charge >= 0.3 is 0 Å². The molecule has 1 aliphatic rings. The standard InChI is InChI=1S/C15H20ClNO3/c1-4-15(5-2)13(16)9-14(15)20-12-8-6-7-11(10(12)3)17(18)19/h6-8,13-14H,4-5,9H2,1-3H3. The van der Waals surface area contributed by atoms with E-state index in [-0.39, 0.29) is 27.5 Å². The van der Waals surface area contributed by atoms with E-state index in [9.17, 15) is 10.1 Å². The molecule has 0 spiro atoms. The Labute approximate surface area is 124 Å². The first-order chi connectivity index (χ1) is 9.46. The van der Waals surface area contributed by atoms with E-state index in [4.69, 9.17) is 16.3 Å². The number of ether oxygens (including phenoxy) is 1. The van der Waals surface area contributed by atoms with Crippen molar-refractivity contribution in [2.45, 2.75) is 51.5 Å². The Kier molecular flexibility index (Phi) is 4.23. The highest BCUT2D eigenvalue weighted by Gasteiger charge is 2.53. The van der Waals surface area contributed by atoms with Gasteiger partial charge in [0.1, 0.15) is 11.9 Å². The smallest absolute Gasteiger partial charge is 0.276 e. The number of hydrogen-bond donors (Lipinski definition) is 0. The molecule has 1 aromatic carbocycles. The van der Waals surface area contributed by atoms with Gasteiger partial charge in [0.15, 0.2) is 0 Å². The predicted octanol–water partition coefficient (Wildman–Crippen LogP) is 4.47. The van der Waals surface area contributed by atoms with Crippen LogP contribution in [0.1, 0.15) is 38.7 Å². The minimum Gasteiger partial charge on any atom is -0.489 e. The van der Waals surface area contributed by atoms with E-state index in [0.29, 0.717) is 11.3 Å². The molecule has 0 aromatic heterocycles. The fraction of sp³-hybridized carbons (Fsp3) is 0.600. The highest BCUT2D eigenvalue weighted by atomic mass is 35.5. The van der Waals surface area contributed by atoms with E-state index in [1.165, 1.54) is 6.07 Å². The van der Waals surface area contributed by atoms with Gasteiger partial charge in [-0.25, -0.2) is 0 Å². The van der Waals surface area contributed by atoms with Crippen molar-refractivity contribution in [1.82, 2.24) is 0 Å². The second-order valence-electron chi connectivity index (χ2n) is 5.41. The number of nitrogens with zero attached hydrogens (tertiary/aromatic N) is 1. The Morgan fingerprint density at radius 1 is 1.45 bits per heavy atom. The minimum absolute atomic E-state index is 0.0153. The van der Waals surface area contributed by atoms with Gasteiger partial charge in [-0.1, -0.05) is 19.9 Å². The largest absolute Gasteiger partial charge is 0.489 e. The molecule has 0 amide bonds. The van der Waals surface area contributed by atoms with Crippen LogP contribution in [0.2, 0.25) is 0 Å². The third-order valence-corrected chi connectivity index (χ3v) is 5.34. The summed E-state index contributed by atoms with van der Waals surface area (Å²) in [7, 11) is 0. The van der Waals surface area contributed by atoms with E-state index in [0.717, 1.165) is 19.3 Å². The Morgan fingerprint density at radius 3 is 2.60 bits per heavy atom. The molecule has 0 saturated heterocycles. The van der Waals surface area contributed by atoms with Gasteiger partial charge in [-0.3, -0.25) is 10.1 Å². The van der Waals surface area contributed by atoms with E-state index >= 15 is 0 Å². The van der Waals surface area contributed by atoms with Gasteiger partial charge in [0.05, 0.1) is 10.5 Å². The predicted molar refractivity (Wildman–Crippen MR) is 79.5 cm³/mol. The number of halogens is 1. The molecular formula is C15H20ClNO3. The molecule has 0 radical (unpaired) electrons. The lowest BCUT2D eigenvalue weighted by molar-refractivity contribution is -0.385. The summed E-state index contributed by atoms with van der Waals surface area (Å²) in [6, 6.07) is 4.96. The van der Waals surface area contributed by atoms with Crippen molar-refractivity contribution in [1.29, 1.82) is 0 Å². The van der Waals surface area contributed by atoms with Gasteiger partial charge in [0.2, 0.25) is 0 Å². The average Bonchev–Trinajstić information content (AvgIpc) is 2.41. The van der Waals surface area contributed by atoms with Gasteiger partial charge in [-0.15, -0.1) is 11.6 Å². The maximum Gasteiger partial charge on any atom is 0.276 e. The average molecular weight is 298 g/mol. The molecule has 110 valence electrons. The summed E-state index contributed by atoms with van der Waals surface area (Å²) in [5.41, 5.74) is 0.665. The number of alkyl halides is 1. The normalized spacial score (nSPS) is 24.0. The second kappa shape index (κ2) is 5.60. The first kappa shape index (κ1) is 15.1. The monoisotopic (exact) mass is 297 g/mol. The number of nitro benzene ring substituents is 1. The fourth-order valence-electron chi connectivity index (χ4n) is 3.09. The van der Waals surface area contributed by atoms with E-state index in [1.807, 2.05) is 0 Å². The summed E-state index contributed by atoms with van der Waals surface area (Å²) in [4.78, 5) is 10.6. The summed E-state index contributed by atoms with van der Waals surface area (Å²) >= 11 is 6.37. The molecule has 5 heteroatoms. The molecule has 0 aliphatic heterocycles. The summed E-state index contributed by atoms with van der Waals surface area (Å²) < 4.78 is 6.05. The zero-order chi connectivity index (χ0) is 14.9. The van der Waals surface area contributed by atoms with Crippen LogP contribution >= 0.6 is 11.6 Å². The van der Waals surface area contributed by atoms with Gasteiger partial charge in [-0.2, -0.15) is 0 Å². The number of benzene rings is 1. The van der Waals surface area contributed by atoms with Crippen LogP contribution in [-0.2, 0) is 0 Å². The van der Waals surface area contributed by atoms with E-state index in [2.05, 4.69) is 13.8 Å². The molecule has 0 N–H and O–H groups in total. The molecule has 2 rings (SSSR count). The van der Waals surface area contributed by atoms with Crippen molar-refractivity contribution in [3.63, 3.8) is 0 Å². The fourth-order valence-corrected chi connectivity index (χ4v) is 3.70. The Balaban J connectivity index is 2.23. The second-order valence-corrected chi connectivity index (χ2v) is 5.93. The molecule has 1 aliphatic carbocycles. The van der Waals surface area contributed by atoms with Crippen molar-refractivity contribution in [3.05, 3.63) is 33.9 Å². The van der Waals surface area contributed by atoms with Crippen LogP contribution in [0.3, 0.4) is 0 Å². The molecule has 2 atom stereocenters. The third-order valence-electron chi connectivity index (χ3n) is 4.72. The Hall–Kier alpha value is -1.29. The van der Waals surface area contributed by atoms with Crippen molar-refractivity contribution < 1.29 is 9.66 Å². The van der Waals surface area contributed by atoms with E-state index < -0.39 is 0 Å². The van der Waals surface area contributed by atoms with Crippen LogP contribution in [0.15, 0.2) is 18.2 Å². The molecule has 1 aromatic rings. The number of rotatable bonds is 5. The van der Waals surface area contributed by atoms with Crippen LogP contribution in [-0.4, -0.2) is 16.4 Å². The first-order valence-corrected chi connectivity index (χ1v) is 7.44. The highest BCUT2D eigenvalue weighted by molar-refractivity contribution is 6.21. The van der Waals surface area contributed by atoms with Crippen LogP contribution < -0.4 is 4.74 Å². The van der Waals surface area contributed by atoms with Crippen LogP contribution in [0, 0.1) is 22.5 Å². The zero-order valence-electron chi connectivity index (χ0n) is 12.1. The lowest BCUT2D eigenvalue weighted by Crippen LogP contribution is -2.56. The topological polar surface area (TPSA) is 52.4 Å². The molecular weight excluding hydrogens is 278 g/mol. The molecule has 20 heavy (non-hydrogen) atoms. The van der Waals surface area contributed by atoms with Crippen LogP contribution in [0.4, 0.5) is 5.69 Å². The Morgan fingerprint density at radius 2 is 2.10 bits per heavy atom. The van der Waals surface area contributed by atoms with Gasteiger partial charge < -0.3 is 4.74 Å². The SMILES string of the molecule is CCC1(CC)C(Cl)CC1Oc1cccc([N+](=O)[O-])c1C. The highest BCUT2D eigenvalue weighted by Crippen LogP contribution is 2.52. The molecule has 4 nitrogen and oxygen atoms in total. The Bertz CT molecular complexity index is 514. The zero-order valence-corrected chi connectivity index (χ0v) is 12.8. The van der Waals surface area contributed by atoms with Crippen LogP contribution in [0.25, 0.3) is 0 Å². The summed E-state index contributed by atoms with van der Waals surface area (Å²) in [5.74, 6) is 0.596. The first-order valence-electron chi connectivity index (χ1n) is 7.01. The van der Waals surface area contributed by atoms with Crippen molar-refractivity contribution >= 4 is 17.3 Å². The van der Waals surface area contributed by atoms with Crippen molar-refractivity contribution in [2.24, 2.45) is 5.41 Å². The lowest BCUT2D eigenvalue weighted by atomic mass is 9.62. The van der Waals surface area contributed by atoms with Gasteiger partial charge in [-0.05, 0) is 25.8 Å². The van der Waals surface area contributed by atoms with Crippen LogP contribution in [0.5, 0.6) is 5.75 Å². The number of nitro groups is 1. The molecule has 1 saturated carbocycles. The summed E-state index contributed by atoms with van der Waals surface area (Å²) in [6.07, 6.45) is 2.75. The number of hydrogen-bond acceptors (Lipinski definition) is 3. The van der Waals surface area contributed by atoms with Crippen molar-refractivity contribution in [2.75, 3.05) is 0 Å².